The molecule has 5 N–H and O–H groups in total. The molecule has 0 aromatic rings. The molecular weight excluding hydrogens is 262 g/mol. The van der Waals surface area contributed by atoms with Crippen molar-refractivity contribution < 1.29 is 24.9 Å². The molecule has 0 aromatic heterocycles. The minimum atomic E-state index is -1.30. The molecule has 8 nitrogen and oxygen atoms in total. The molecule has 2 bridgehead atoms. The van der Waals surface area contributed by atoms with Crippen LogP contribution < -0.4 is 5.73 Å². The summed E-state index contributed by atoms with van der Waals surface area (Å²) < 4.78 is 6.64. The summed E-state index contributed by atoms with van der Waals surface area (Å²) in [6.07, 6.45) is -1.40. The number of hydrogen-bond donors (Lipinski definition) is 4. The molecule has 3 rings (SSSR count). The zero-order valence-corrected chi connectivity index (χ0v) is 10.0. The highest BCUT2D eigenvalue weighted by Crippen LogP contribution is 2.46. The molecule has 2 saturated heterocycles. The fourth-order valence-corrected chi connectivity index (χ4v) is 3.27. The number of ether oxygens (including phenoxy) is 1. The molecular formula is C9H13N3O5S. The first-order valence-electron chi connectivity index (χ1n) is 5.40. The third kappa shape index (κ3) is 1.43. The van der Waals surface area contributed by atoms with Gasteiger partial charge in [-0.1, -0.05) is 0 Å². The Bertz CT molecular complexity index is 421. The molecule has 100 valence electrons. The number of aliphatic hydroxyl groups is 3. The van der Waals surface area contributed by atoms with Gasteiger partial charge in [-0.2, -0.15) is 0 Å². The van der Waals surface area contributed by atoms with E-state index in [1.807, 2.05) is 0 Å². The van der Waals surface area contributed by atoms with Crippen molar-refractivity contribution >= 4 is 18.0 Å². The highest BCUT2D eigenvalue weighted by molar-refractivity contribution is 7.99. The third-order valence-electron chi connectivity index (χ3n) is 3.24. The van der Waals surface area contributed by atoms with Crippen molar-refractivity contribution in [3.63, 3.8) is 0 Å². The number of amides is 2. The van der Waals surface area contributed by atoms with Gasteiger partial charge in [0.25, 0.3) is 0 Å². The van der Waals surface area contributed by atoms with Gasteiger partial charge >= 0.3 is 6.03 Å². The number of aliphatic hydroxyl groups excluding tert-OH is 3. The number of carbonyl (C=O) groups excluding carboxylic acids is 1. The van der Waals surface area contributed by atoms with Crippen LogP contribution in [0.1, 0.15) is 0 Å². The van der Waals surface area contributed by atoms with Crippen molar-refractivity contribution in [2.45, 2.75) is 29.5 Å². The van der Waals surface area contributed by atoms with Crippen LogP contribution in [0.3, 0.4) is 0 Å². The number of carbonyl (C=O) groups is 1. The van der Waals surface area contributed by atoms with Crippen molar-refractivity contribution in [3.05, 3.63) is 12.3 Å². The van der Waals surface area contributed by atoms with Gasteiger partial charge in [-0.25, -0.2) is 9.10 Å². The number of nitrogens with two attached hydrogens (primary N) is 1. The van der Waals surface area contributed by atoms with E-state index in [-0.39, 0.29) is 0 Å². The molecule has 2 amide bonds. The average Bonchev–Trinajstić information content (AvgIpc) is 2.92. The molecule has 9 heteroatoms. The van der Waals surface area contributed by atoms with Gasteiger partial charge in [0.2, 0.25) is 0 Å². The zero-order valence-electron chi connectivity index (χ0n) is 9.21. The Balaban J connectivity index is 1.88. The number of fused-ring (bicyclic) bond motifs is 2. The second kappa shape index (κ2) is 3.83. The van der Waals surface area contributed by atoms with E-state index in [1.54, 1.807) is 12.3 Å². The van der Waals surface area contributed by atoms with Crippen LogP contribution in [-0.2, 0) is 4.74 Å². The lowest BCUT2D eigenvalue weighted by molar-refractivity contribution is -0.0899. The Morgan fingerprint density at radius 3 is 2.72 bits per heavy atom. The van der Waals surface area contributed by atoms with E-state index in [2.05, 4.69) is 0 Å². The Morgan fingerprint density at radius 2 is 2.22 bits per heavy atom. The van der Waals surface area contributed by atoms with E-state index in [4.69, 9.17) is 15.6 Å². The molecule has 2 unspecified atom stereocenters. The maximum Gasteiger partial charge on any atom is 0.338 e. The minimum Gasteiger partial charge on any atom is -0.394 e. The predicted octanol–water partition coefficient (Wildman–Crippen LogP) is -2.05. The van der Waals surface area contributed by atoms with Crippen molar-refractivity contribution in [1.82, 2.24) is 9.21 Å². The highest BCUT2D eigenvalue weighted by Gasteiger charge is 2.58. The zero-order chi connectivity index (χ0) is 13.1. The molecule has 0 spiro atoms. The van der Waals surface area contributed by atoms with Crippen LogP contribution in [0.15, 0.2) is 12.3 Å². The van der Waals surface area contributed by atoms with Crippen LogP contribution in [-0.4, -0.2) is 66.7 Å². The summed E-state index contributed by atoms with van der Waals surface area (Å²) in [4.78, 5) is 12.0. The second-order valence-corrected chi connectivity index (χ2v) is 5.60. The van der Waals surface area contributed by atoms with Gasteiger partial charge in [0.15, 0.2) is 11.2 Å². The Labute approximate surface area is 107 Å². The van der Waals surface area contributed by atoms with Gasteiger partial charge in [0.1, 0.15) is 18.3 Å². The second-order valence-electron chi connectivity index (χ2n) is 4.37. The van der Waals surface area contributed by atoms with Gasteiger partial charge in [0, 0.05) is 18.1 Å². The number of hydrogen-bond acceptors (Lipinski definition) is 7. The average molecular weight is 275 g/mol. The fourth-order valence-electron chi connectivity index (χ4n) is 2.28. The van der Waals surface area contributed by atoms with Crippen LogP contribution in [0.25, 0.3) is 0 Å². The minimum absolute atomic E-state index is 0.417. The summed E-state index contributed by atoms with van der Waals surface area (Å²) in [6, 6.07) is -0.417. The van der Waals surface area contributed by atoms with Gasteiger partial charge in [-0.3, -0.25) is 10.6 Å². The van der Waals surface area contributed by atoms with Crippen molar-refractivity contribution in [1.29, 1.82) is 0 Å². The standard InChI is InChI=1S/C9H13N3O5S/c10-9-1-2-11(18-9)8(16)12(9)7-6(15)5(14)4(3-13)17-7/h1-2,4-7,13-15H,3,10H2/t4-,5-,6+,7?,9?/m1/s1. The first kappa shape index (κ1) is 12.2. The largest absolute Gasteiger partial charge is 0.394 e. The Kier molecular flexibility index (Phi) is 2.59. The topological polar surface area (TPSA) is 119 Å². The third-order valence-corrected chi connectivity index (χ3v) is 4.34. The number of urea groups is 1. The molecule has 0 saturated carbocycles. The Hall–Kier alpha value is -0.840. The van der Waals surface area contributed by atoms with Gasteiger partial charge < -0.3 is 20.1 Å². The molecule has 0 aromatic carbocycles. The normalized spacial score (nSPS) is 46.6. The summed E-state index contributed by atoms with van der Waals surface area (Å²) in [5.41, 5.74) is 6.01. The molecule has 3 aliphatic rings. The number of nitrogens with zero attached hydrogens (tertiary/aromatic N) is 2. The highest BCUT2D eigenvalue weighted by atomic mass is 32.2. The smallest absolute Gasteiger partial charge is 0.338 e. The lowest BCUT2D eigenvalue weighted by Crippen LogP contribution is -2.59. The summed E-state index contributed by atoms with van der Waals surface area (Å²) in [5, 5.41) is 28.6. The summed E-state index contributed by atoms with van der Waals surface area (Å²) in [5.74, 6) is 0. The summed E-state index contributed by atoms with van der Waals surface area (Å²) in [6.45, 7) is -0.443. The van der Waals surface area contributed by atoms with E-state index in [9.17, 15) is 15.0 Å². The molecule has 2 fully saturated rings. The van der Waals surface area contributed by atoms with Gasteiger partial charge in [-0.15, -0.1) is 0 Å². The maximum atomic E-state index is 12.0. The van der Waals surface area contributed by atoms with Crippen LogP contribution in [0, 0.1) is 0 Å². The van der Waals surface area contributed by atoms with E-state index in [0.29, 0.717) is 0 Å². The maximum absolute atomic E-state index is 12.0. The molecule has 0 aliphatic carbocycles. The summed E-state index contributed by atoms with van der Waals surface area (Å²) >= 11 is 1.09. The van der Waals surface area contributed by atoms with E-state index < -0.39 is 42.2 Å². The molecule has 18 heavy (non-hydrogen) atoms. The van der Waals surface area contributed by atoms with Crippen LogP contribution in [0.5, 0.6) is 0 Å². The molecule has 3 aliphatic heterocycles. The SMILES string of the molecule is NC12C=CN(S1)C(=O)N2C1O[C@H](CO)[C@@H](O)[C@@H]1O. The van der Waals surface area contributed by atoms with Crippen molar-refractivity contribution in [2.75, 3.05) is 6.61 Å². The van der Waals surface area contributed by atoms with E-state index >= 15 is 0 Å². The molecule has 3 heterocycles. The quantitative estimate of drug-likeness (QED) is 0.428. The first-order valence-corrected chi connectivity index (χ1v) is 6.17. The Morgan fingerprint density at radius 1 is 1.50 bits per heavy atom. The van der Waals surface area contributed by atoms with E-state index in [0.717, 1.165) is 11.9 Å². The van der Waals surface area contributed by atoms with Crippen LogP contribution >= 0.6 is 11.9 Å². The van der Waals surface area contributed by atoms with Crippen molar-refractivity contribution in [3.8, 4) is 0 Å². The summed E-state index contributed by atoms with van der Waals surface area (Å²) in [7, 11) is 0. The predicted molar refractivity (Wildman–Crippen MR) is 60.5 cm³/mol. The fraction of sp³-hybridized carbons (Fsp3) is 0.667. The van der Waals surface area contributed by atoms with E-state index in [1.165, 1.54) is 9.21 Å². The van der Waals surface area contributed by atoms with Crippen LogP contribution in [0.2, 0.25) is 0 Å². The van der Waals surface area contributed by atoms with Crippen LogP contribution in [0.4, 0.5) is 4.79 Å². The number of rotatable bonds is 2. The molecule has 0 radical (unpaired) electrons. The first-order chi connectivity index (χ1) is 8.48. The monoisotopic (exact) mass is 275 g/mol. The van der Waals surface area contributed by atoms with Crippen molar-refractivity contribution in [2.24, 2.45) is 5.73 Å². The van der Waals surface area contributed by atoms with Gasteiger partial charge in [0.05, 0.1) is 6.61 Å². The lowest BCUT2D eigenvalue weighted by atomic mass is 10.1. The molecule has 5 atom stereocenters. The van der Waals surface area contributed by atoms with Gasteiger partial charge in [-0.05, 0) is 6.08 Å². The lowest BCUT2D eigenvalue weighted by Gasteiger charge is -2.35.